The lowest BCUT2D eigenvalue weighted by Gasteiger charge is -2.22. The highest BCUT2D eigenvalue weighted by molar-refractivity contribution is 5.51. The molecule has 1 saturated carbocycles. The normalized spacial score (nSPS) is 20.2. The third-order valence-corrected chi connectivity index (χ3v) is 3.65. The Bertz CT molecular complexity index is 412. The quantitative estimate of drug-likeness (QED) is 0.712. The number of nitrogens with zero attached hydrogens (tertiary/aromatic N) is 2. The molecule has 2 heterocycles. The summed E-state index contributed by atoms with van der Waals surface area (Å²) in [6, 6.07) is 0.565. The van der Waals surface area contributed by atoms with Crippen LogP contribution in [-0.2, 0) is 13.0 Å². The summed E-state index contributed by atoms with van der Waals surface area (Å²) in [6.07, 6.45) is 6.07. The standard InChI is InChI=1S/C12H19N5/c13-12-16-10-5-6-14-7-9(10)11(17-12)15-8-3-1-2-4-8/h8,14H,1-7H2,(H3,13,15,16,17). The highest BCUT2D eigenvalue weighted by Crippen LogP contribution is 2.26. The van der Waals surface area contributed by atoms with Crippen molar-refractivity contribution in [3.05, 3.63) is 11.3 Å². The van der Waals surface area contributed by atoms with Crippen LogP contribution in [0.2, 0.25) is 0 Å². The average molecular weight is 233 g/mol. The molecule has 1 aromatic heterocycles. The molecule has 5 nitrogen and oxygen atoms in total. The summed E-state index contributed by atoms with van der Waals surface area (Å²) in [5.74, 6) is 1.35. The van der Waals surface area contributed by atoms with Crippen LogP contribution in [0.3, 0.4) is 0 Å². The SMILES string of the molecule is Nc1nc2c(c(NC3CCCC3)n1)CNCC2. The second-order valence-electron chi connectivity index (χ2n) is 4.91. The van der Waals surface area contributed by atoms with Gasteiger partial charge in [-0.2, -0.15) is 4.98 Å². The van der Waals surface area contributed by atoms with E-state index in [1.807, 2.05) is 0 Å². The van der Waals surface area contributed by atoms with Crippen LogP contribution in [0.4, 0.5) is 11.8 Å². The van der Waals surface area contributed by atoms with Crippen LogP contribution in [0.1, 0.15) is 36.9 Å². The molecule has 17 heavy (non-hydrogen) atoms. The topological polar surface area (TPSA) is 75.9 Å². The molecule has 0 amide bonds. The van der Waals surface area contributed by atoms with E-state index < -0.39 is 0 Å². The van der Waals surface area contributed by atoms with Gasteiger partial charge in [-0.25, -0.2) is 4.98 Å². The van der Waals surface area contributed by atoms with Crippen LogP contribution in [-0.4, -0.2) is 22.6 Å². The van der Waals surface area contributed by atoms with Crippen molar-refractivity contribution in [3.8, 4) is 0 Å². The van der Waals surface area contributed by atoms with Gasteiger partial charge < -0.3 is 16.4 Å². The van der Waals surface area contributed by atoms with Crippen LogP contribution in [0.5, 0.6) is 0 Å². The van der Waals surface area contributed by atoms with Gasteiger partial charge in [-0.3, -0.25) is 0 Å². The van der Waals surface area contributed by atoms with Crippen molar-refractivity contribution < 1.29 is 0 Å². The van der Waals surface area contributed by atoms with Gasteiger partial charge in [0.1, 0.15) is 5.82 Å². The Morgan fingerprint density at radius 3 is 2.88 bits per heavy atom. The van der Waals surface area contributed by atoms with Crippen LogP contribution in [0.15, 0.2) is 0 Å². The van der Waals surface area contributed by atoms with E-state index in [1.165, 1.54) is 31.2 Å². The molecule has 5 heteroatoms. The molecule has 1 aliphatic heterocycles. The Balaban J connectivity index is 1.88. The molecule has 0 saturated heterocycles. The lowest BCUT2D eigenvalue weighted by atomic mass is 10.1. The Kier molecular flexibility index (Phi) is 2.84. The number of hydrogen-bond donors (Lipinski definition) is 3. The van der Waals surface area contributed by atoms with Gasteiger partial charge in [0, 0.05) is 31.1 Å². The zero-order valence-corrected chi connectivity index (χ0v) is 10.00. The van der Waals surface area contributed by atoms with Gasteiger partial charge in [-0.15, -0.1) is 0 Å². The second kappa shape index (κ2) is 4.49. The largest absolute Gasteiger partial charge is 0.368 e. The Labute approximate surface area is 101 Å². The van der Waals surface area contributed by atoms with Gasteiger partial charge in [-0.05, 0) is 12.8 Å². The van der Waals surface area contributed by atoms with Gasteiger partial charge in [0.05, 0.1) is 5.69 Å². The summed E-state index contributed by atoms with van der Waals surface area (Å²) in [4.78, 5) is 8.70. The number of aromatic nitrogens is 2. The number of rotatable bonds is 2. The van der Waals surface area contributed by atoms with Crippen LogP contribution >= 0.6 is 0 Å². The number of hydrogen-bond acceptors (Lipinski definition) is 5. The molecule has 0 bridgehead atoms. The fraction of sp³-hybridized carbons (Fsp3) is 0.667. The molecule has 1 aromatic rings. The molecule has 4 N–H and O–H groups in total. The highest BCUT2D eigenvalue weighted by Gasteiger charge is 2.20. The molecule has 0 radical (unpaired) electrons. The Morgan fingerprint density at radius 2 is 2.06 bits per heavy atom. The van der Waals surface area contributed by atoms with E-state index >= 15 is 0 Å². The molecule has 0 unspecified atom stereocenters. The number of nitrogen functional groups attached to an aromatic ring is 1. The lowest BCUT2D eigenvalue weighted by Crippen LogP contribution is -2.28. The van der Waals surface area contributed by atoms with E-state index in [0.717, 1.165) is 31.0 Å². The zero-order chi connectivity index (χ0) is 11.7. The van der Waals surface area contributed by atoms with Crippen molar-refractivity contribution >= 4 is 11.8 Å². The number of anilines is 2. The summed E-state index contributed by atoms with van der Waals surface area (Å²) in [5, 5.41) is 6.90. The van der Waals surface area contributed by atoms with Crippen molar-refractivity contribution in [1.29, 1.82) is 0 Å². The van der Waals surface area contributed by atoms with Crippen LogP contribution < -0.4 is 16.4 Å². The number of fused-ring (bicyclic) bond motifs is 1. The first kappa shape index (κ1) is 10.8. The number of nitrogens with two attached hydrogens (primary N) is 1. The Hall–Kier alpha value is -1.36. The molecule has 0 atom stereocenters. The average Bonchev–Trinajstić information content (AvgIpc) is 2.81. The molecule has 3 rings (SSSR count). The van der Waals surface area contributed by atoms with E-state index in [-0.39, 0.29) is 0 Å². The smallest absolute Gasteiger partial charge is 0.222 e. The third kappa shape index (κ3) is 2.20. The molecule has 92 valence electrons. The minimum atomic E-state index is 0.395. The summed E-state index contributed by atoms with van der Waals surface area (Å²) < 4.78 is 0. The minimum Gasteiger partial charge on any atom is -0.368 e. The maximum Gasteiger partial charge on any atom is 0.222 e. The summed E-state index contributed by atoms with van der Waals surface area (Å²) >= 11 is 0. The predicted octanol–water partition coefficient (Wildman–Crippen LogP) is 1.06. The first-order chi connectivity index (χ1) is 8.33. The fourth-order valence-corrected chi connectivity index (χ4v) is 2.75. The van der Waals surface area contributed by atoms with Crippen LogP contribution in [0, 0.1) is 0 Å². The molecule has 0 spiro atoms. The minimum absolute atomic E-state index is 0.395. The van der Waals surface area contributed by atoms with E-state index in [1.54, 1.807) is 0 Å². The van der Waals surface area contributed by atoms with Gasteiger partial charge in [0.2, 0.25) is 5.95 Å². The van der Waals surface area contributed by atoms with Crippen molar-refractivity contribution in [3.63, 3.8) is 0 Å². The first-order valence-electron chi connectivity index (χ1n) is 6.45. The summed E-state index contributed by atoms with van der Waals surface area (Å²) in [6.45, 7) is 1.83. The van der Waals surface area contributed by atoms with Crippen molar-refractivity contribution in [2.24, 2.45) is 0 Å². The first-order valence-corrected chi connectivity index (χ1v) is 6.45. The molecule has 1 fully saturated rings. The molecular weight excluding hydrogens is 214 g/mol. The zero-order valence-electron chi connectivity index (χ0n) is 10.00. The van der Waals surface area contributed by atoms with E-state index in [4.69, 9.17) is 5.73 Å². The predicted molar refractivity (Wildman–Crippen MR) is 67.7 cm³/mol. The highest BCUT2D eigenvalue weighted by atomic mass is 15.1. The molecule has 1 aliphatic carbocycles. The van der Waals surface area contributed by atoms with E-state index in [2.05, 4.69) is 20.6 Å². The lowest BCUT2D eigenvalue weighted by molar-refractivity contribution is 0.625. The summed E-state index contributed by atoms with van der Waals surface area (Å²) in [5.41, 5.74) is 8.09. The third-order valence-electron chi connectivity index (χ3n) is 3.65. The monoisotopic (exact) mass is 233 g/mol. The second-order valence-corrected chi connectivity index (χ2v) is 4.91. The van der Waals surface area contributed by atoms with E-state index in [0.29, 0.717) is 12.0 Å². The maximum atomic E-state index is 5.77. The molecular formula is C12H19N5. The van der Waals surface area contributed by atoms with Crippen molar-refractivity contribution in [2.45, 2.75) is 44.7 Å². The molecule has 0 aromatic carbocycles. The van der Waals surface area contributed by atoms with Gasteiger partial charge >= 0.3 is 0 Å². The molecule has 2 aliphatic rings. The Morgan fingerprint density at radius 1 is 1.24 bits per heavy atom. The van der Waals surface area contributed by atoms with Gasteiger partial charge in [0.25, 0.3) is 0 Å². The van der Waals surface area contributed by atoms with Crippen molar-refractivity contribution in [2.75, 3.05) is 17.6 Å². The summed E-state index contributed by atoms with van der Waals surface area (Å²) in [7, 11) is 0. The fourth-order valence-electron chi connectivity index (χ4n) is 2.75. The van der Waals surface area contributed by atoms with Gasteiger partial charge in [0.15, 0.2) is 0 Å². The maximum absolute atomic E-state index is 5.77. The van der Waals surface area contributed by atoms with Crippen molar-refractivity contribution in [1.82, 2.24) is 15.3 Å². The van der Waals surface area contributed by atoms with Gasteiger partial charge in [-0.1, -0.05) is 12.8 Å². The van der Waals surface area contributed by atoms with Crippen LogP contribution in [0.25, 0.3) is 0 Å². The van der Waals surface area contributed by atoms with E-state index in [9.17, 15) is 0 Å². The number of nitrogens with one attached hydrogen (secondary N) is 2.